The molecule has 1 aromatic rings. The van der Waals surface area contributed by atoms with E-state index >= 15 is 0 Å². The summed E-state index contributed by atoms with van der Waals surface area (Å²) in [7, 11) is 0. The van der Waals surface area contributed by atoms with Gasteiger partial charge in [-0.3, -0.25) is 0 Å². The van der Waals surface area contributed by atoms with Crippen LogP contribution in [0.4, 0.5) is 0 Å². The Morgan fingerprint density at radius 1 is 1.47 bits per heavy atom. The molecule has 0 radical (unpaired) electrons. The minimum atomic E-state index is -0.241. The lowest BCUT2D eigenvalue weighted by Gasteiger charge is -2.32. The summed E-state index contributed by atoms with van der Waals surface area (Å²) in [5.41, 5.74) is 0.862. The Balaban J connectivity index is 2.14. The van der Waals surface area contributed by atoms with Crippen LogP contribution in [0.25, 0.3) is 0 Å². The number of halogens is 2. The van der Waals surface area contributed by atoms with Crippen molar-refractivity contribution in [1.82, 2.24) is 4.98 Å². The summed E-state index contributed by atoms with van der Waals surface area (Å²) in [6.45, 7) is 1.86. The second-order valence-electron chi connectivity index (χ2n) is 3.75. The monoisotopic (exact) mass is 247 g/mol. The molecule has 0 aromatic carbocycles. The predicted octanol–water partition coefficient (Wildman–Crippen LogP) is 2.60. The number of hydrogen-bond acceptors (Lipinski definition) is 3. The maximum absolute atomic E-state index is 9.13. The lowest BCUT2D eigenvalue weighted by Crippen LogP contribution is -2.37. The molecule has 1 aromatic heterocycles. The van der Waals surface area contributed by atoms with Crippen molar-refractivity contribution in [2.24, 2.45) is 0 Å². The third-order valence-corrected chi connectivity index (χ3v) is 2.89. The highest BCUT2D eigenvalue weighted by Gasteiger charge is 2.30. The van der Waals surface area contributed by atoms with E-state index in [0.717, 1.165) is 5.56 Å². The normalized spacial score (nSPS) is 24.8. The van der Waals surface area contributed by atoms with Gasteiger partial charge in [-0.1, -0.05) is 23.2 Å². The van der Waals surface area contributed by atoms with E-state index in [-0.39, 0.29) is 17.4 Å². The summed E-state index contributed by atoms with van der Waals surface area (Å²) in [5.74, 6) is 0.568. The van der Waals surface area contributed by atoms with Crippen LogP contribution in [0, 0.1) is 6.92 Å². The fourth-order valence-corrected chi connectivity index (χ4v) is 2.10. The molecular formula is C10H11Cl2NO2. The first-order valence-corrected chi connectivity index (χ1v) is 5.49. The first-order valence-electron chi connectivity index (χ1n) is 4.73. The van der Waals surface area contributed by atoms with Gasteiger partial charge in [0.1, 0.15) is 11.3 Å². The van der Waals surface area contributed by atoms with Gasteiger partial charge < -0.3 is 9.84 Å². The first kappa shape index (κ1) is 11.0. The standard InChI is InChI=1S/C10H11Cl2NO2/c1-5-2-8(11)13-10(12)9(5)15-7-3-6(14)4-7/h2,6-7,14H,3-4H2,1H3. The van der Waals surface area contributed by atoms with Crippen molar-refractivity contribution in [3.8, 4) is 5.75 Å². The smallest absolute Gasteiger partial charge is 0.172 e. The molecule has 0 unspecified atom stereocenters. The fourth-order valence-electron chi connectivity index (χ4n) is 1.53. The lowest BCUT2D eigenvalue weighted by molar-refractivity contribution is -0.0112. The molecule has 0 aliphatic heterocycles. The van der Waals surface area contributed by atoms with Crippen LogP contribution in [0.3, 0.4) is 0 Å². The molecule has 1 fully saturated rings. The number of aliphatic hydroxyl groups is 1. The van der Waals surface area contributed by atoms with Crippen molar-refractivity contribution in [1.29, 1.82) is 0 Å². The predicted molar refractivity (Wildman–Crippen MR) is 58.7 cm³/mol. The number of pyridine rings is 1. The van der Waals surface area contributed by atoms with Gasteiger partial charge in [0.05, 0.1) is 6.10 Å². The molecule has 15 heavy (non-hydrogen) atoms. The molecule has 2 rings (SSSR count). The lowest BCUT2D eigenvalue weighted by atomic mass is 9.92. The Morgan fingerprint density at radius 2 is 2.13 bits per heavy atom. The van der Waals surface area contributed by atoms with Gasteiger partial charge in [0.25, 0.3) is 0 Å². The number of rotatable bonds is 2. The highest BCUT2D eigenvalue weighted by molar-refractivity contribution is 6.33. The van der Waals surface area contributed by atoms with Crippen molar-refractivity contribution in [3.63, 3.8) is 0 Å². The number of aliphatic hydroxyl groups excluding tert-OH is 1. The maximum Gasteiger partial charge on any atom is 0.172 e. The van der Waals surface area contributed by atoms with Crippen LogP contribution in [-0.2, 0) is 0 Å². The highest BCUT2D eigenvalue weighted by Crippen LogP contribution is 2.33. The van der Waals surface area contributed by atoms with Gasteiger partial charge in [0.15, 0.2) is 10.9 Å². The van der Waals surface area contributed by atoms with Crippen LogP contribution in [0.15, 0.2) is 6.07 Å². The summed E-state index contributed by atoms with van der Waals surface area (Å²) in [4.78, 5) is 3.91. The Hall–Kier alpha value is -0.510. The van der Waals surface area contributed by atoms with E-state index in [9.17, 15) is 0 Å². The van der Waals surface area contributed by atoms with Gasteiger partial charge in [0.2, 0.25) is 0 Å². The molecular weight excluding hydrogens is 237 g/mol. The Morgan fingerprint density at radius 3 is 2.67 bits per heavy atom. The quantitative estimate of drug-likeness (QED) is 0.818. The largest absolute Gasteiger partial charge is 0.487 e. The van der Waals surface area contributed by atoms with Crippen molar-refractivity contribution in [2.45, 2.75) is 32.0 Å². The molecule has 82 valence electrons. The maximum atomic E-state index is 9.13. The summed E-state index contributed by atoms with van der Waals surface area (Å²) < 4.78 is 5.62. The number of nitrogens with zero attached hydrogens (tertiary/aromatic N) is 1. The van der Waals surface area contributed by atoms with E-state index in [1.54, 1.807) is 6.07 Å². The molecule has 1 heterocycles. The molecule has 0 bridgehead atoms. The molecule has 0 atom stereocenters. The zero-order valence-electron chi connectivity index (χ0n) is 8.20. The van der Waals surface area contributed by atoms with Crippen molar-refractivity contribution in [3.05, 3.63) is 21.9 Å². The van der Waals surface area contributed by atoms with Crippen LogP contribution in [0.2, 0.25) is 10.3 Å². The molecule has 5 heteroatoms. The van der Waals surface area contributed by atoms with Crippen LogP contribution in [0.1, 0.15) is 18.4 Å². The van der Waals surface area contributed by atoms with Crippen LogP contribution in [0.5, 0.6) is 5.75 Å². The van der Waals surface area contributed by atoms with Gasteiger partial charge in [0, 0.05) is 12.8 Å². The van der Waals surface area contributed by atoms with Gasteiger partial charge in [-0.25, -0.2) is 4.98 Å². The minimum absolute atomic E-state index is 0.0409. The zero-order valence-corrected chi connectivity index (χ0v) is 9.72. The van der Waals surface area contributed by atoms with Crippen molar-refractivity contribution < 1.29 is 9.84 Å². The van der Waals surface area contributed by atoms with Crippen molar-refractivity contribution >= 4 is 23.2 Å². The molecule has 3 nitrogen and oxygen atoms in total. The number of hydrogen-bond donors (Lipinski definition) is 1. The second kappa shape index (κ2) is 4.16. The number of aromatic nitrogens is 1. The van der Waals surface area contributed by atoms with Crippen molar-refractivity contribution in [2.75, 3.05) is 0 Å². The fraction of sp³-hybridized carbons (Fsp3) is 0.500. The van der Waals surface area contributed by atoms with E-state index in [4.69, 9.17) is 33.0 Å². The van der Waals surface area contributed by atoms with E-state index in [2.05, 4.69) is 4.98 Å². The van der Waals surface area contributed by atoms with Crippen LogP contribution in [-0.4, -0.2) is 22.3 Å². The van der Waals surface area contributed by atoms with Crippen LogP contribution >= 0.6 is 23.2 Å². The first-order chi connectivity index (χ1) is 7.06. The molecule has 1 N–H and O–H groups in total. The topological polar surface area (TPSA) is 42.4 Å². The number of ether oxygens (including phenoxy) is 1. The van der Waals surface area contributed by atoms with E-state index < -0.39 is 0 Å². The van der Waals surface area contributed by atoms with Gasteiger partial charge >= 0.3 is 0 Å². The summed E-state index contributed by atoms with van der Waals surface area (Å²) >= 11 is 11.7. The Labute approximate surface area is 98.0 Å². The second-order valence-corrected chi connectivity index (χ2v) is 4.49. The molecule has 1 saturated carbocycles. The number of aryl methyl sites for hydroxylation is 1. The molecule has 0 spiro atoms. The minimum Gasteiger partial charge on any atom is -0.487 e. The summed E-state index contributed by atoms with van der Waals surface area (Å²) in [6, 6.07) is 1.71. The van der Waals surface area contributed by atoms with Gasteiger partial charge in [-0.05, 0) is 18.6 Å². The summed E-state index contributed by atoms with van der Waals surface area (Å²) in [5, 5.41) is 9.77. The molecule has 1 aliphatic rings. The Kier molecular flexibility index (Phi) is 3.05. The van der Waals surface area contributed by atoms with E-state index in [0.29, 0.717) is 23.7 Å². The summed E-state index contributed by atoms with van der Waals surface area (Å²) in [6.07, 6.45) is 1.10. The Bertz CT molecular complexity index is 355. The molecule has 1 aliphatic carbocycles. The van der Waals surface area contributed by atoms with Gasteiger partial charge in [-0.2, -0.15) is 0 Å². The van der Waals surface area contributed by atoms with E-state index in [1.165, 1.54) is 0 Å². The average molecular weight is 248 g/mol. The highest BCUT2D eigenvalue weighted by atomic mass is 35.5. The SMILES string of the molecule is Cc1cc(Cl)nc(Cl)c1OC1CC(O)C1. The molecule has 0 saturated heterocycles. The average Bonchev–Trinajstić information content (AvgIpc) is 2.07. The van der Waals surface area contributed by atoms with E-state index in [1.807, 2.05) is 6.92 Å². The van der Waals surface area contributed by atoms with Gasteiger partial charge in [-0.15, -0.1) is 0 Å². The molecule has 0 amide bonds. The third-order valence-electron chi connectivity index (χ3n) is 2.44. The third kappa shape index (κ3) is 2.36. The zero-order chi connectivity index (χ0) is 11.0. The van der Waals surface area contributed by atoms with Crippen LogP contribution < -0.4 is 4.74 Å².